The van der Waals surface area contributed by atoms with E-state index in [9.17, 15) is 27.6 Å². The Balaban J connectivity index is 1.34. The van der Waals surface area contributed by atoms with Gasteiger partial charge in [0.05, 0.1) is 12.6 Å². The molecule has 2 aromatic rings. The number of hydrogen-bond donors (Lipinski definition) is 2. The van der Waals surface area contributed by atoms with Crippen LogP contribution < -0.4 is 21.1 Å². The Bertz CT molecular complexity index is 1350. The van der Waals surface area contributed by atoms with E-state index in [0.29, 0.717) is 12.1 Å². The summed E-state index contributed by atoms with van der Waals surface area (Å²) in [6.07, 6.45) is 3.14. The van der Waals surface area contributed by atoms with Gasteiger partial charge in [-0.2, -0.15) is 0 Å². The van der Waals surface area contributed by atoms with E-state index in [1.54, 1.807) is 4.90 Å². The minimum atomic E-state index is -1.16. The summed E-state index contributed by atoms with van der Waals surface area (Å²) >= 11 is -0.200. The number of ether oxygens (including phenoxy) is 1. The highest BCUT2D eigenvalue weighted by atomic mass is 127. The molecule has 4 aliphatic rings. The number of amides is 2. The predicted octanol–water partition coefficient (Wildman–Crippen LogP) is 1.92. The maximum Gasteiger partial charge on any atom is 0.276 e. The van der Waals surface area contributed by atoms with Gasteiger partial charge in [0, 0.05) is 36.5 Å². The summed E-state index contributed by atoms with van der Waals surface area (Å²) in [7, 11) is 0. The van der Waals surface area contributed by atoms with E-state index >= 15 is 0 Å². The second-order valence-electron chi connectivity index (χ2n) is 9.00. The highest BCUT2D eigenvalue weighted by Crippen LogP contribution is 2.39. The van der Waals surface area contributed by atoms with Crippen molar-refractivity contribution in [1.29, 1.82) is 0 Å². The molecule has 2 amide bonds. The number of hydroxylamine groups is 1. The van der Waals surface area contributed by atoms with Gasteiger partial charge in [-0.15, -0.1) is 5.48 Å². The Morgan fingerprint density at radius 3 is 2.67 bits per heavy atom. The summed E-state index contributed by atoms with van der Waals surface area (Å²) in [5.74, 6) is -5.07. The van der Waals surface area contributed by atoms with Gasteiger partial charge in [-0.3, -0.25) is 14.4 Å². The van der Waals surface area contributed by atoms with Crippen LogP contribution in [0.3, 0.4) is 0 Å². The molecule has 1 saturated heterocycles. The maximum absolute atomic E-state index is 14.0. The third kappa shape index (κ3) is 4.12. The fourth-order valence-electron chi connectivity index (χ4n) is 5.00. The van der Waals surface area contributed by atoms with E-state index in [2.05, 4.69) is 10.8 Å². The number of halogens is 4. The first kappa shape index (κ1) is 23.6. The molecule has 9 nitrogen and oxygen atoms in total. The fraction of sp³-hybridized carbons (Fsp3) is 0.391. The number of benzene rings is 1. The van der Waals surface area contributed by atoms with Crippen LogP contribution in [0.25, 0.3) is 0 Å². The van der Waals surface area contributed by atoms with Gasteiger partial charge in [0.25, 0.3) is 11.8 Å². The van der Waals surface area contributed by atoms with Gasteiger partial charge >= 0.3 is 0 Å². The largest absolute Gasteiger partial charge is 0.401 e. The smallest absolute Gasteiger partial charge is 0.276 e. The number of rotatable bonds is 6. The van der Waals surface area contributed by atoms with Crippen LogP contribution in [0.15, 0.2) is 23.1 Å². The van der Waals surface area contributed by atoms with Crippen LogP contribution in [0.5, 0.6) is 5.75 Å². The number of nitrogens with zero attached hydrogens (tertiary/aromatic N) is 2. The van der Waals surface area contributed by atoms with Crippen LogP contribution in [-0.2, 0) is 17.8 Å². The molecule has 6 rings (SSSR count). The number of aromatic nitrogens is 1. The summed E-state index contributed by atoms with van der Waals surface area (Å²) in [4.78, 5) is 47.0. The highest BCUT2D eigenvalue weighted by Gasteiger charge is 2.48. The molecule has 190 valence electrons. The van der Waals surface area contributed by atoms with E-state index < -0.39 is 53.0 Å². The standard InChI is InChI=1S/C23H20F3IN4O5/c24-10-3-15(25)13(16(26)4-10)7-28-22(33)14-8-30-9-18-31(11-1-2-12(5-11)35-18)23(34)19(30)21(20(14)32)36-29-17-6-27-17/h3-4,6,8,11-12,17-18,29H,1-2,5,7,9H2,(H,28,33)/t11-,12+,17?,18+/m0/s1. The van der Waals surface area contributed by atoms with Crippen LogP contribution in [0.1, 0.15) is 45.7 Å². The molecule has 3 aliphatic heterocycles. The van der Waals surface area contributed by atoms with Crippen molar-refractivity contribution >= 4 is 36.6 Å². The Kier molecular flexibility index (Phi) is 5.87. The zero-order chi connectivity index (χ0) is 25.1. The molecule has 1 unspecified atom stereocenters. The van der Waals surface area contributed by atoms with Crippen LogP contribution in [0.4, 0.5) is 13.2 Å². The van der Waals surface area contributed by atoms with E-state index in [1.807, 2.05) is 4.01 Å². The van der Waals surface area contributed by atoms with E-state index in [-0.39, 0.29) is 60.5 Å². The lowest BCUT2D eigenvalue weighted by molar-refractivity contribution is -0.132. The van der Waals surface area contributed by atoms with Crippen molar-refractivity contribution in [1.82, 2.24) is 20.3 Å². The number of nitrogens with one attached hydrogen (secondary N) is 2. The summed E-state index contributed by atoms with van der Waals surface area (Å²) in [6.45, 7) is -0.426. The first-order valence-corrected chi connectivity index (χ1v) is 13.8. The molecule has 0 spiro atoms. The molecule has 36 heavy (non-hydrogen) atoms. The Labute approximate surface area is 212 Å². The quantitative estimate of drug-likeness (QED) is 0.223. The first-order valence-electron chi connectivity index (χ1n) is 11.3. The van der Waals surface area contributed by atoms with E-state index in [0.717, 1.165) is 19.3 Å². The molecule has 2 N–H and O–H groups in total. The van der Waals surface area contributed by atoms with Gasteiger partial charge in [0.1, 0.15) is 27.1 Å². The lowest BCUT2D eigenvalue weighted by Crippen LogP contribution is -2.57. The Hall–Kier alpha value is -2.78. The number of alkyl halides is 1. The van der Waals surface area contributed by atoms with Crippen LogP contribution in [-0.4, -0.2) is 47.7 Å². The normalized spacial score (nSPS) is 25.6. The third-order valence-electron chi connectivity index (χ3n) is 6.74. The summed E-state index contributed by atoms with van der Waals surface area (Å²) in [6, 6.07) is 1.02. The average molecular weight is 616 g/mol. The van der Waals surface area contributed by atoms with Gasteiger partial charge in [-0.05, 0) is 23.3 Å². The summed E-state index contributed by atoms with van der Waals surface area (Å²) in [5.41, 5.74) is 1.01. The van der Waals surface area contributed by atoms with Crippen molar-refractivity contribution in [3.05, 3.63) is 62.8 Å². The van der Waals surface area contributed by atoms with E-state index in [1.165, 1.54) is 10.8 Å². The van der Waals surface area contributed by atoms with Gasteiger partial charge < -0.3 is 24.4 Å². The molecular formula is C23H20F3IN4O5. The third-order valence-corrected chi connectivity index (χ3v) is 8.43. The lowest BCUT2D eigenvalue weighted by atomic mass is 10.1. The van der Waals surface area contributed by atoms with Crippen molar-refractivity contribution < 1.29 is 32.3 Å². The van der Waals surface area contributed by atoms with Crippen molar-refractivity contribution in [3.8, 4) is 5.75 Å². The maximum atomic E-state index is 14.0. The molecule has 1 saturated carbocycles. The number of carbonyl (C=O) groups is 2. The molecule has 1 aliphatic carbocycles. The number of fused-ring (bicyclic) bond motifs is 5. The average Bonchev–Trinajstić information content (AvgIpc) is 3.58. The molecule has 2 bridgehead atoms. The van der Waals surface area contributed by atoms with Gasteiger partial charge in [-0.1, -0.05) is 20.7 Å². The predicted molar refractivity (Wildman–Crippen MR) is 128 cm³/mol. The molecule has 13 heteroatoms. The highest BCUT2D eigenvalue weighted by molar-refractivity contribution is 14.2. The number of hydrogen-bond acceptors (Lipinski definition) is 6. The van der Waals surface area contributed by atoms with Crippen LogP contribution >= 0.6 is 20.7 Å². The van der Waals surface area contributed by atoms with Crippen molar-refractivity contribution in [2.24, 2.45) is 0 Å². The molecule has 4 heterocycles. The molecular weight excluding hydrogens is 596 g/mol. The van der Waals surface area contributed by atoms with Crippen LogP contribution in [0, 0.1) is 17.5 Å². The van der Waals surface area contributed by atoms with Crippen LogP contribution in [0.2, 0.25) is 0 Å². The second kappa shape index (κ2) is 8.95. The van der Waals surface area contributed by atoms with E-state index in [4.69, 9.17) is 9.57 Å². The number of pyridine rings is 1. The minimum absolute atomic E-state index is 0.0111. The van der Waals surface area contributed by atoms with Gasteiger partial charge in [0.15, 0.2) is 11.9 Å². The monoisotopic (exact) mass is 616 g/mol. The molecule has 1 aromatic heterocycles. The zero-order valence-corrected chi connectivity index (χ0v) is 20.8. The first-order chi connectivity index (χ1) is 17.3. The second-order valence-corrected chi connectivity index (χ2v) is 11.8. The summed E-state index contributed by atoms with van der Waals surface area (Å²) in [5, 5.41) is 2.30. The van der Waals surface area contributed by atoms with Gasteiger partial charge in [-0.25, -0.2) is 13.2 Å². The minimum Gasteiger partial charge on any atom is -0.401 e. The fourth-order valence-corrected chi connectivity index (χ4v) is 5.63. The molecule has 0 radical (unpaired) electrons. The van der Waals surface area contributed by atoms with Crippen molar-refractivity contribution in [2.75, 3.05) is 0 Å². The molecule has 2 fully saturated rings. The molecule has 1 aromatic carbocycles. The zero-order valence-electron chi connectivity index (χ0n) is 18.6. The van der Waals surface area contributed by atoms with Crippen molar-refractivity contribution in [2.45, 2.75) is 54.8 Å². The number of carbonyl (C=O) groups excluding carboxylic acids is 2. The van der Waals surface area contributed by atoms with Gasteiger partial charge in [0.2, 0.25) is 11.2 Å². The molecule has 4 atom stereocenters. The Morgan fingerprint density at radius 2 is 1.94 bits per heavy atom. The SMILES string of the molecule is O=C(NCc1c(F)cc(F)cc1F)c1cn2c(c(ONC3C=I3)c1=O)C(=O)N1[C@H]3CC[C@H](C3)O[C@@H]1C2. The topological polar surface area (TPSA) is 102 Å². The van der Waals surface area contributed by atoms with Crippen molar-refractivity contribution in [3.63, 3.8) is 0 Å². The summed E-state index contributed by atoms with van der Waals surface area (Å²) < 4.78 is 50.7. The Morgan fingerprint density at radius 1 is 1.19 bits per heavy atom. The lowest BCUT2D eigenvalue weighted by Gasteiger charge is -2.44.